The molecule has 0 amide bonds. The van der Waals surface area contributed by atoms with Gasteiger partial charge < -0.3 is 5.73 Å². The molecule has 0 atom stereocenters. The third-order valence-electron chi connectivity index (χ3n) is 3.06. The highest BCUT2D eigenvalue weighted by Crippen LogP contribution is 2.27. The van der Waals surface area contributed by atoms with Gasteiger partial charge in [-0.3, -0.25) is 4.90 Å². The maximum atomic E-state index is 6.34. The van der Waals surface area contributed by atoms with E-state index in [9.17, 15) is 0 Å². The maximum absolute atomic E-state index is 6.34. The fourth-order valence-electron chi connectivity index (χ4n) is 2.42. The second-order valence-corrected chi connectivity index (χ2v) is 4.59. The van der Waals surface area contributed by atoms with Gasteiger partial charge >= 0.3 is 0 Å². The number of rotatable bonds is 6. The maximum Gasteiger partial charge on any atom is 0.0283 e. The van der Waals surface area contributed by atoms with Crippen LogP contribution in [0.4, 0.5) is 0 Å². The molecule has 0 bridgehead atoms. The Morgan fingerprint density at radius 3 is 2.57 bits per heavy atom. The van der Waals surface area contributed by atoms with Crippen LogP contribution in [0.5, 0.6) is 0 Å². The lowest BCUT2D eigenvalue weighted by Crippen LogP contribution is -2.48. The Bertz CT molecular complexity index is 171. The Kier molecular flexibility index (Phi) is 4.63. The molecule has 0 aliphatic heterocycles. The van der Waals surface area contributed by atoms with Crippen molar-refractivity contribution in [3.63, 3.8) is 0 Å². The summed E-state index contributed by atoms with van der Waals surface area (Å²) >= 11 is 0. The minimum Gasteiger partial charge on any atom is -0.324 e. The topological polar surface area (TPSA) is 29.3 Å². The van der Waals surface area contributed by atoms with Crippen LogP contribution < -0.4 is 5.73 Å². The molecule has 14 heavy (non-hydrogen) atoms. The molecule has 0 unspecified atom stereocenters. The molecule has 0 aromatic heterocycles. The van der Waals surface area contributed by atoms with Crippen molar-refractivity contribution in [3.8, 4) is 0 Å². The quantitative estimate of drug-likeness (QED) is 0.660. The first-order valence-corrected chi connectivity index (χ1v) is 5.82. The predicted molar refractivity (Wildman–Crippen MR) is 62.3 cm³/mol. The van der Waals surface area contributed by atoms with Gasteiger partial charge in [-0.05, 0) is 25.8 Å². The number of hydrogen-bond acceptors (Lipinski definition) is 2. The van der Waals surface area contributed by atoms with E-state index in [1.807, 2.05) is 6.08 Å². The highest BCUT2D eigenvalue weighted by atomic mass is 15.1. The molecular formula is C12H24N2. The largest absolute Gasteiger partial charge is 0.324 e. The van der Waals surface area contributed by atoms with Crippen LogP contribution in [0.3, 0.4) is 0 Å². The molecule has 2 heteroatoms. The molecule has 1 aliphatic rings. The summed E-state index contributed by atoms with van der Waals surface area (Å²) in [6, 6.07) is 0. The average Bonchev–Trinajstić information content (AvgIpc) is 2.53. The van der Waals surface area contributed by atoms with Crippen LogP contribution in [0.15, 0.2) is 12.7 Å². The first-order valence-electron chi connectivity index (χ1n) is 5.82. The number of nitrogens with two attached hydrogens (primary N) is 1. The highest BCUT2D eigenvalue weighted by Gasteiger charge is 2.30. The molecular weight excluding hydrogens is 172 g/mol. The summed E-state index contributed by atoms with van der Waals surface area (Å²) in [5.74, 6) is 0. The summed E-state index contributed by atoms with van der Waals surface area (Å²) in [4.78, 5) is 2.43. The summed E-state index contributed by atoms with van der Waals surface area (Å²) in [5.41, 5.74) is 6.44. The van der Waals surface area contributed by atoms with Crippen LogP contribution in [0.25, 0.3) is 0 Å². The van der Waals surface area contributed by atoms with E-state index in [-0.39, 0.29) is 5.54 Å². The minimum atomic E-state index is 0.0954. The summed E-state index contributed by atoms with van der Waals surface area (Å²) in [6.07, 6.45) is 8.20. The molecule has 0 aromatic carbocycles. The molecule has 0 aromatic rings. The fraction of sp³-hybridized carbons (Fsp3) is 0.833. The Hall–Kier alpha value is -0.340. The minimum absolute atomic E-state index is 0.0954. The van der Waals surface area contributed by atoms with Crippen molar-refractivity contribution in [2.75, 3.05) is 19.6 Å². The molecule has 0 saturated heterocycles. The van der Waals surface area contributed by atoms with Gasteiger partial charge in [-0.25, -0.2) is 0 Å². The van der Waals surface area contributed by atoms with Gasteiger partial charge in [-0.2, -0.15) is 0 Å². The molecule has 1 fully saturated rings. The van der Waals surface area contributed by atoms with Crippen LogP contribution in [-0.2, 0) is 0 Å². The van der Waals surface area contributed by atoms with E-state index >= 15 is 0 Å². The van der Waals surface area contributed by atoms with E-state index in [0.717, 1.165) is 19.6 Å². The third kappa shape index (κ3) is 3.43. The van der Waals surface area contributed by atoms with Crippen molar-refractivity contribution < 1.29 is 0 Å². The van der Waals surface area contributed by atoms with Crippen molar-refractivity contribution in [1.82, 2.24) is 4.90 Å². The summed E-state index contributed by atoms with van der Waals surface area (Å²) in [5, 5.41) is 0. The summed E-state index contributed by atoms with van der Waals surface area (Å²) < 4.78 is 0. The molecule has 0 heterocycles. The van der Waals surface area contributed by atoms with Gasteiger partial charge in [-0.15, -0.1) is 6.58 Å². The van der Waals surface area contributed by atoms with E-state index in [1.165, 1.54) is 32.1 Å². The van der Waals surface area contributed by atoms with Gasteiger partial charge in [0.05, 0.1) is 0 Å². The fourth-order valence-corrected chi connectivity index (χ4v) is 2.42. The van der Waals surface area contributed by atoms with Gasteiger partial charge in [0.2, 0.25) is 0 Å². The van der Waals surface area contributed by atoms with Crippen molar-refractivity contribution in [1.29, 1.82) is 0 Å². The molecule has 0 radical (unpaired) electrons. The molecule has 1 rings (SSSR count). The van der Waals surface area contributed by atoms with Gasteiger partial charge in [0, 0.05) is 18.6 Å². The first kappa shape index (κ1) is 11.7. The lowest BCUT2D eigenvalue weighted by atomic mass is 9.98. The van der Waals surface area contributed by atoms with E-state index in [2.05, 4.69) is 18.4 Å². The Labute approximate surface area is 88.2 Å². The van der Waals surface area contributed by atoms with Gasteiger partial charge in [0.25, 0.3) is 0 Å². The summed E-state index contributed by atoms with van der Waals surface area (Å²) in [7, 11) is 0. The smallest absolute Gasteiger partial charge is 0.0283 e. The Morgan fingerprint density at radius 1 is 1.43 bits per heavy atom. The molecule has 2 N–H and O–H groups in total. The SMILES string of the molecule is C=CCN(CCC)CC1(N)CCCC1. The molecule has 82 valence electrons. The standard InChI is InChI=1S/C12H24N2/c1-3-9-14(10-4-2)11-12(13)7-5-6-8-12/h3H,1,4-11,13H2,2H3. The van der Waals surface area contributed by atoms with Gasteiger partial charge in [0.15, 0.2) is 0 Å². The number of nitrogens with zero attached hydrogens (tertiary/aromatic N) is 1. The molecule has 1 aliphatic carbocycles. The van der Waals surface area contributed by atoms with E-state index in [4.69, 9.17) is 5.73 Å². The van der Waals surface area contributed by atoms with Crippen molar-refractivity contribution in [2.45, 2.75) is 44.6 Å². The zero-order chi connectivity index (χ0) is 10.4. The van der Waals surface area contributed by atoms with Crippen LogP contribution in [0.2, 0.25) is 0 Å². The monoisotopic (exact) mass is 196 g/mol. The highest BCUT2D eigenvalue weighted by molar-refractivity contribution is 4.93. The van der Waals surface area contributed by atoms with Crippen molar-refractivity contribution in [2.24, 2.45) is 5.73 Å². The average molecular weight is 196 g/mol. The lowest BCUT2D eigenvalue weighted by molar-refractivity contribution is 0.227. The number of hydrogen-bond donors (Lipinski definition) is 1. The first-order chi connectivity index (χ1) is 6.70. The van der Waals surface area contributed by atoms with E-state index < -0.39 is 0 Å². The zero-order valence-corrected chi connectivity index (χ0v) is 9.47. The van der Waals surface area contributed by atoms with Crippen molar-refractivity contribution in [3.05, 3.63) is 12.7 Å². The van der Waals surface area contributed by atoms with E-state index in [1.54, 1.807) is 0 Å². The van der Waals surface area contributed by atoms with Crippen LogP contribution in [0.1, 0.15) is 39.0 Å². The zero-order valence-electron chi connectivity index (χ0n) is 9.47. The van der Waals surface area contributed by atoms with E-state index in [0.29, 0.717) is 0 Å². The van der Waals surface area contributed by atoms with Crippen LogP contribution in [-0.4, -0.2) is 30.1 Å². The second-order valence-electron chi connectivity index (χ2n) is 4.59. The lowest BCUT2D eigenvalue weighted by Gasteiger charge is -2.31. The molecule has 2 nitrogen and oxygen atoms in total. The van der Waals surface area contributed by atoms with Gasteiger partial charge in [0.1, 0.15) is 0 Å². The van der Waals surface area contributed by atoms with Crippen LogP contribution in [0, 0.1) is 0 Å². The molecule has 0 spiro atoms. The Morgan fingerprint density at radius 2 is 2.07 bits per heavy atom. The normalized spacial score (nSPS) is 20.2. The molecule has 1 saturated carbocycles. The van der Waals surface area contributed by atoms with Crippen molar-refractivity contribution >= 4 is 0 Å². The predicted octanol–water partition coefficient (Wildman–Crippen LogP) is 2.16. The second kappa shape index (κ2) is 5.52. The van der Waals surface area contributed by atoms with Crippen LogP contribution >= 0.6 is 0 Å². The Balaban J connectivity index is 2.40. The third-order valence-corrected chi connectivity index (χ3v) is 3.06. The van der Waals surface area contributed by atoms with Gasteiger partial charge in [-0.1, -0.05) is 25.8 Å². The summed E-state index contributed by atoms with van der Waals surface area (Å²) in [6.45, 7) is 9.18.